The van der Waals surface area contributed by atoms with Gasteiger partial charge in [0.15, 0.2) is 11.5 Å². The Morgan fingerprint density at radius 1 is 1.40 bits per heavy atom. The molecule has 3 rings (SSSR count). The van der Waals surface area contributed by atoms with Crippen LogP contribution < -0.4 is 5.73 Å². The number of nitrogens with two attached hydrogens (primary N) is 1. The standard InChI is InChI=1S/C8H9N7/c1-8(2)4-5(11-14-8)6(9)13-15-3-10-12-7(4)15/h3H,1-2H3,(H2,9,13). The first-order valence-corrected chi connectivity index (χ1v) is 4.52. The zero-order valence-electron chi connectivity index (χ0n) is 8.34. The zero-order valence-corrected chi connectivity index (χ0v) is 8.34. The van der Waals surface area contributed by atoms with Crippen molar-refractivity contribution in [1.29, 1.82) is 0 Å². The van der Waals surface area contributed by atoms with E-state index in [0.29, 0.717) is 17.2 Å². The van der Waals surface area contributed by atoms with Crippen LogP contribution in [0, 0.1) is 0 Å². The monoisotopic (exact) mass is 203 g/mol. The highest BCUT2D eigenvalue weighted by molar-refractivity contribution is 5.73. The normalized spacial score (nSPS) is 17.2. The molecule has 7 nitrogen and oxygen atoms in total. The van der Waals surface area contributed by atoms with Gasteiger partial charge >= 0.3 is 0 Å². The van der Waals surface area contributed by atoms with Gasteiger partial charge in [-0.3, -0.25) is 0 Å². The molecule has 2 N–H and O–H groups in total. The third kappa shape index (κ3) is 0.915. The second kappa shape index (κ2) is 2.30. The first-order chi connectivity index (χ1) is 7.09. The van der Waals surface area contributed by atoms with E-state index < -0.39 is 5.54 Å². The highest BCUT2D eigenvalue weighted by Crippen LogP contribution is 2.44. The molecule has 0 amide bonds. The van der Waals surface area contributed by atoms with Crippen molar-refractivity contribution in [3.63, 3.8) is 0 Å². The SMILES string of the molecule is CC1(C)N=Nc2c(N)nn3cnnc3c21. The fraction of sp³-hybridized carbons (Fsp3) is 0.375. The van der Waals surface area contributed by atoms with Gasteiger partial charge in [-0.15, -0.1) is 15.3 Å². The van der Waals surface area contributed by atoms with E-state index in [1.165, 1.54) is 6.33 Å². The summed E-state index contributed by atoms with van der Waals surface area (Å²) in [6, 6.07) is 0. The van der Waals surface area contributed by atoms with Gasteiger partial charge in [0.1, 0.15) is 17.6 Å². The second-order valence-electron chi connectivity index (χ2n) is 3.97. The maximum atomic E-state index is 5.78. The van der Waals surface area contributed by atoms with Gasteiger partial charge in [0, 0.05) is 0 Å². The summed E-state index contributed by atoms with van der Waals surface area (Å²) in [5.41, 5.74) is 7.52. The highest BCUT2D eigenvalue weighted by atomic mass is 15.4. The van der Waals surface area contributed by atoms with E-state index in [9.17, 15) is 0 Å². The van der Waals surface area contributed by atoms with E-state index in [-0.39, 0.29) is 0 Å². The molecule has 76 valence electrons. The molecule has 0 fully saturated rings. The summed E-state index contributed by atoms with van der Waals surface area (Å²) in [5, 5.41) is 20.1. The zero-order chi connectivity index (χ0) is 10.6. The molecule has 0 saturated heterocycles. The molecular weight excluding hydrogens is 194 g/mol. The maximum absolute atomic E-state index is 5.78. The summed E-state index contributed by atoms with van der Waals surface area (Å²) in [6.07, 6.45) is 1.51. The molecule has 0 aliphatic carbocycles. The molecule has 0 aromatic carbocycles. The van der Waals surface area contributed by atoms with Crippen LogP contribution in [0.1, 0.15) is 19.4 Å². The third-order valence-corrected chi connectivity index (χ3v) is 2.46. The largest absolute Gasteiger partial charge is 0.380 e. The molecule has 0 unspecified atom stereocenters. The lowest BCUT2D eigenvalue weighted by molar-refractivity contribution is 0.556. The highest BCUT2D eigenvalue weighted by Gasteiger charge is 2.34. The smallest absolute Gasteiger partial charge is 0.185 e. The lowest BCUT2D eigenvalue weighted by atomic mass is 9.96. The summed E-state index contributed by atoms with van der Waals surface area (Å²) in [5.74, 6) is 0.353. The van der Waals surface area contributed by atoms with Gasteiger partial charge in [-0.05, 0) is 13.8 Å². The van der Waals surface area contributed by atoms with Crippen molar-refractivity contribution >= 4 is 17.2 Å². The quantitative estimate of drug-likeness (QED) is 0.692. The molecular formula is C8H9N7. The van der Waals surface area contributed by atoms with Gasteiger partial charge in [-0.1, -0.05) is 0 Å². The van der Waals surface area contributed by atoms with Crippen molar-refractivity contribution < 1.29 is 0 Å². The number of azo groups is 1. The summed E-state index contributed by atoms with van der Waals surface area (Å²) in [7, 11) is 0. The molecule has 0 radical (unpaired) electrons. The second-order valence-corrected chi connectivity index (χ2v) is 3.97. The van der Waals surface area contributed by atoms with Gasteiger partial charge in [0.2, 0.25) is 0 Å². The van der Waals surface area contributed by atoms with Crippen LogP contribution in [0.5, 0.6) is 0 Å². The van der Waals surface area contributed by atoms with Crippen LogP contribution in [0.3, 0.4) is 0 Å². The van der Waals surface area contributed by atoms with E-state index in [1.54, 1.807) is 4.52 Å². The van der Waals surface area contributed by atoms with E-state index in [1.807, 2.05) is 13.8 Å². The Morgan fingerprint density at radius 3 is 3.00 bits per heavy atom. The Morgan fingerprint density at radius 2 is 2.20 bits per heavy atom. The number of nitrogen functional groups attached to an aromatic ring is 1. The minimum atomic E-state index is -0.416. The van der Waals surface area contributed by atoms with E-state index in [2.05, 4.69) is 25.5 Å². The van der Waals surface area contributed by atoms with Gasteiger partial charge in [0.25, 0.3) is 0 Å². The Balaban J connectivity index is 2.51. The first-order valence-electron chi connectivity index (χ1n) is 4.52. The van der Waals surface area contributed by atoms with Crippen LogP contribution >= 0.6 is 0 Å². The van der Waals surface area contributed by atoms with Crippen LogP contribution in [0.25, 0.3) is 5.65 Å². The Kier molecular flexibility index (Phi) is 1.27. The lowest BCUT2D eigenvalue weighted by Gasteiger charge is -2.13. The third-order valence-electron chi connectivity index (χ3n) is 2.46. The lowest BCUT2D eigenvalue weighted by Crippen LogP contribution is -2.13. The molecule has 1 aliphatic heterocycles. The fourth-order valence-corrected chi connectivity index (χ4v) is 1.75. The van der Waals surface area contributed by atoms with Crippen molar-refractivity contribution in [3.8, 4) is 0 Å². The molecule has 0 atom stereocenters. The molecule has 0 bridgehead atoms. The Hall–Kier alpha value is -2.05. The van der Waals surface area contributed by atoms with Crippen LogP contribution in [-0.4, -0.2) is 19.8 Å². The molecule has 1 aliphatic rings. The van der Waals surface area contributed by atoms with Crippen molar-refractivity contribution in [1.82, 2.24) is 19.8 Å². The number of anilines is 1. The number of aromatic nitrogens is 4. The van der Waals surface area contributed by atoms with Crippen molar-refractivity contribution in [2.24, 2.45) is 10.2 Å². The van der Waals surface area contributed by atoms with Gasteiger partial charge in [0.05, 0.1) is 5.56 Å². The van der Waals surface area contributed by atoms with Crippen molar-refractivity contribution in [2.75, 3.05) is 5.73 Å². The van der Waals surface area contributed by atoms with Gasteiger partial charge < -0.3 is 5.73 Å². The van der Waals surface area contributed by atoms with Crippen LogP contribution in [0.4, 0.5) is 11.5 Å². The molecule has 0 spiro atoms. The average Bonchev–Trinajstić information content (AvgIpc) is 2.70. The molecule has 3 heterocycles. The topological polar surface area (TPSA) is 93.8 Å². The van der Waals surface area contributed by atoms with Crippen LogP contribution in [0.2, 0.25) is 0 Å². The first kappa shape index (κ1) is 8.27. The summed E-state index contributed by atoms with van der Waals surface area (Å²) >= 11 is 0. The van der Waals surface area contributed by atoms with Crippen molar-refractivity contribution in [2.45, 2.75) is 19.4 Å². The maximum Gasteiger partial charge on any atom is 0.185 e. The molecule has 2 aromatic rings. The number of hydrogen-bond donors (Lipinski definition) is 1. The van der Waals surface area contributed by atoms with Crippen LogP contribution in [-0.2, 0) is 5.54 Å². The predicted molar refractivity (Wildman–Crippen MR) is 52.7 cm³/mol. The van der Waals surface area contributed by atoms with E-state index in [0.717, 1.165) is 5.56 Å². The summed E-state index contributed by atoms with van der Waals surface area (Å²) in [4.78, 5) is 0. The number of hydrogen-bond acceptors (Lipinski definition) is 6. The molecule has 7 heteroatoms. The van der Waals surface area contributed by atoms with Gasteiger partial charge in [-0.25, -0.2) is 0 Å². The minimum absolute atomic E-state index is 0.353. The minimum Gasteiger partial charge on any atom is -0.380 e. The summed E-state index contributed by atoms with van der Waals surface area (Å²) in [6.45, 7) is 3.91. The molecule has 15 heavy (non-hydrogen) atoms. The average molecular weight is 203 g/mol. The fourth-order valence-electron chi connectivity index (χ4n) is 1.75. The van der Waals surface area contributed by atoms with Crippen LogP contribution in [0.15, 0.2) is 16.6 Å². The van der Waals surface area contributed by atoms with Crippen molar-refractivity contribution in [3.05, 3.63) is 11.9 Å². The number of rotatable bonds is 0. The Labute approximate surface area is 85.0 Å². The number of fused-ring (bicyclic) bond motifs is 3. The Bertz CT molecular complexity index is 580. The van der Waals surface area contributed by atoms with E-state index >= 15 is 0 Å². The van der Waals surface area contributed by atoms with Gasteiger partial charge in [-0.2, -0.15) is 14.7 Å². The molecule has 2 aromatic heterocycles. The number of nitrogens with zero attached hydrogens (tertiary/aromatic N) is 6. The predicted octanol–water partition coefficient (Wildman–Crippen LogP) is 1.04. The van der Waals surface area contributed by atoms with E-state index in [4.69, 9.17) is 5.73 Å². The molecule has 0 saturated carbocycles. The summed E-state index contributed by atoms with van der Waals surface area (Å²) < 4.78 is 1.55.